The lowest BCUT2D eigenvalue weighted by molar-refractivity contribution is 0.0697. The van der Waals surface area contributed by atoms with Gasteiger partial charge in [-0.3, -0.25) is 0 Å². The quantitative estimate of drug-likeness (QED) is 0.749. The van der Waals surface area contributed by atoms with E-state index in [1.54, 1.807) is 12.1 Å². The third-order valence-electron chi connectivity index (χ3n) is 2.45. The Morgan fingerprint density at radius 3 is 2.76 bits per heavy atom. The summed E-state index contributed by atoms with van der Waals surface area (Å²) in [5.41, 5.74) is 1.49. The topological polar surface area (TPSA) is 37.3 Å². The van der Waals surface area contributed by atoms with E-state index in [1.807, 2.05) is 17.8 Å². The summed E-state index contributed by atoms with van der Waals surface area (Å²) in [6, 6.07) is 5.22. The molecule has 4 heteroatoms. The van der Waals surface area contributed by atoms with E-state index in [-0.39, 0.29) is 0 Å². The zero-order valence-electron chi connectivity index (χ0n) is 9.91. The maximum atomic E-state index is 10.8. The van der Waals surface area contributed by atoms with Crippen LogP contribution in [0.1, 0.15) is 42.1 Å². The number of halogens is 1. The lowest BCUT2D eigenvalue weighted by Gasteiger charge is -2.05. The fourth-order valence-corrected chi connectivity index (χ4v) is 3.16. The van der Waals surface area contributed by atoms with Crippen LogP contribution in [0.5, 0.6) is 0 Å². The first-order chi connectivity index (χ1) is 8.15. The molecule has 0 atom stereocenters. The zero-order chi connectivity index (χ0) is 12.7. The molecular weight excluding hydrogens is 300 g/mol. The van der Waals surface area contributed by atoms with Crippen molar-refractivity contribution in [2.45, 2.75) is 31.9 Å². The van der Waals surface area contributed by atoms with Gasteiger partial charge in [0.05, 0.1) is 5.56 Å². The van der Waals surface area contributed by atoms with Gasteiger partial charge in [0, 0.05) is 10.2 Å². The highest BCUT2D eigenvalue weighted by atomic mass is 79.9. The van der Waals surface area contributed by atoms with Crippen LogP contribution in [0.4, 0.5) is 0 Å². The molecule has 0 aromatic heterocycles. The highest BCUT2D eigenvalue weighted by molar-refractivity contribution is 9.10. The molecular formula is C13H17BrO2S. The van der Waals surface area contributed by atoms with Gasteiger partial charge in [-0.2, -0.15) is 11.8 Å². The molecule has 0 aliphatic heterocycles. The van der Waals surface area contributed by atoms with Gasteiger partial charge in [-0.15, -0.1) is 0 Å². The van der Waals surface area contributed by atoms with E-state index in [9.17, 15) is 4.79 Å². The van der Waals surface area contributed by atoms with Crippen LogP contribution in [0.25, 0.3) is 0 Å². The monoisotopic (exact) mass is 316 g/mol. The minimum Gasteiger partial charge on any atom is -0.478 e. The molecule has 0 unspecified atom stereocenters. The Morgan fingerprint density at radius 2 is 2.18 bits per heavy atom. The van der Waals surface area contributed by atoms with E-state index in [0.717, 1.165) is 15.8 Å². The number of hydrogen-bond acceptors (Lipinski definition) is 2. The first-order valence-corrected chi connectivity index (χ1v) is 7.69. The van der Waals surface area contributed by atoms with Crippen molar-refractivity contribution in [1.29, 1.82) is 0 Å². The molecule has 0 saturated carbocycles. The Bertz CT molecular complexity index is 380. The summed E-state index contributed by atoms with van der Waals surface area (Å²) in [7, 11) is 0. The number of hydrogen-bond donors (Lipinski definition) is 1. The summed E-state index contributed by atoms with van der Waals surface area (Å²) < 4.78 is 0.889. The Morgan fingerprint density at radius 1 is 1.41 bits per heavy atom. The number of carboxylic acid groups (broad SMARTS) is 1. The standard InChI is InChI=1S/C13H17BrO2S/c1-2-3-4-7-17-9-11-6-5-10(13(15)16)8-12(11)14/h5-6,8H,2-4,7,9H2,1H3,(H,15,16). The average Bonchev–Trinajstić information content (AvgIpc) is 2.30. The Balaban J connectivity index is 2.46. The first kappa shape index (κ1) is 14.6. The predicted octanol–water partition coefficient (Wildman–Crippen LogP) is 4.57. The van der Waals surface area contributed by atoms with Crippen LogP contribution in [0.3, 0.4) is 0 Å². The second-order valence-corrected chi connectivity index (χ2v) is 5.83. The number of rotatable bonds is 7. The summed E-state index contributed by atoms with van der Waals surface area (Å²) in [5.74, 6) is 1.22. The van der Waals surface area contributed by atoms with Crippen molar-refractivity contribution < 1.29 is 9.90 Å². The van der Waals surface area contributed by atoms with Crippen molar-refractivity contribution in [1.82, 2.24) is 0 Å². The van der Waals surface area contributed by atoms with E-state index in [4.69, 9.17) is 5.11 Å². The van der Waals surface area contributed by atoms with Crippen LogP contribution >= 0.6 is 27.7 Å². The summed E-state index contributed by atoms with van der Waals surface area (Å²) in [4.78, 5) is 10.8. The minimum atomic E-state index is -0.882. The van der Waals surface area contributed by atoms with Crippen LogP contribution in [-0.2, 0) is 5.75 Å². The molecule has 0 heterocycles. The fourth-order valence-electron chi connectivity index (χ4n) is 1.43. The summed E-state index contributed by atoms with van der Waals surface area (Å²) in [6.45, 7) is 2.20. The molecule has 0 bridgehead atoms. The molecule has 1 aromatic carbocycles. The normalized spacial score (nSPS) is 10.5. The van der Waals surface area contributed by atoms with Gasteiger partial charge in [0.1, 0.15) is 0 Å². The highest BCUT2D eigenvalue weighted by Gasteiger charge is 2.06. The molecule has 1 N–H and O–H groups in total. The van der Waals surface area contributed by atoms with E-state index >= 15 is 0 Å². The van der Waals surface area contributed by atoms with Crippen molar-refractivity contribution in [2.24, 2.45) is 0 Å². The number of benzene rings is 1. The number of carbonyl (C=O) groups is 1. The third kappa shape index (κ3) is 5.13. The molecule has 2 nitrogen and oxygen atoms in total. The van der Waals surface area contributed by atoms with Gasteiger partial charge in [0.25, 0.3) is 0 Å². The van der Waals surface area contributed by atoms with Gasteiger partial charge in [0.15, 0.2) is 0 Å². The molecule has 0 amide bonds. The van der Waals surface area contributed by atoms with E-state index in [0.29, 0.717) is 5.56 Å². The lowest BCUT2D eigenvalue weighted by Crippen LogP contribution is -1.97. The average molecular weight is 317 g/mol. The van der Waals surface area contributed by atoms with Crippen molar-refractivity contribution >= 4 is 33.7 Å². The molecule has 94 valence electrons. The van der Waals surface area contributed by atoms with Crippen LogP contribution < -0.4 is 0 Å². The second-order valence-electron chi connectivity index (χ2n) is 3.87. The molecule has 17 heavy (non-hydrogen) atoms. The summed E-state index contributed by atoms with van der Waals surface area (Å²) in [6.07, 6.45) is 3.79. The Kier molecular flexibility index (Phi) is 6.66. The van der Waals surface area contributed by atoms with Crippen LogP contribution in [0, 0.1) is 0 Å². The van der Waals surface area contributed by atoms with Gasteiger partial charge in [-0.05, 0) is 29.9 Å². The maximum Gasteiger partial charge on any atom is 0.335 e. The smallest absolute Gasteiger partial charge is 0.335 e. The molecule has 0 fully saturated rings. The van der Waals surface area contributed by atoms with Crippen molar-refractivity contribution in [2.75, 3.05) is 5.75 Å². The van der Waals surface area contributed by atoms with Crippen molar-refractivity contribution in [3.05, 3.63) is 33.8 Å². The molecule has 0 saturated heterocycles. The van der Waals surface area contributed by atoms with Gasteiger partial charge in [0.2, 0.25) is 0 Å². The Labute approximate surface area is 115 Å². The number of carboxylic acids is 1. The van der Waals surface area contributed by atoms with E-state index in [2.05, 4.69) is 22.9 Å². The van der Waals surface area contributed by atoms with Crippen molar-refractivity contribution in [3.63, 3.8) is 0 Å². The molecule has 1 rings (SSSR count). The molecule has 0 spiro atoms. The molecule has 0 aliphatic rings. The SMILES string of the molecule is CCCCCSCc1ccc(C(=O)O)cc1Br. The van der Waals surface area contributed by atoms with Gasteiger partial charge in [-0.25, -0.2) is 4.79 Å². The van der Waals surface area contributed by atoms with E-state index in [1.165, 1.54) is 25.0 Å². The second kappa shape index (κ2) is 7.77. The lowest BCUT2D eigenvalue weighted by atomic mass is 10.1. The van der Waals surface area contributed by atoms with Crippen LogP contribution in [0.15, 0.2) is 22.7 Å². The van der Waals surface area contributed by atoms with Gasteiger partial charge >= 0.3 is 5.97 Å². The first-order valence-electron chi connectivity index (χ1n) is 5.74. The molecule has 0 radical (unpaired) electrons. The van der Waals surface area contributed by atoms with Crippen LogP contribution in [0.2, 0.25) is 0 Å². The van der Waals surface area contributed by atoms with Crippen molar-refractivity contribution in [3.8, 4) is 0 Å². The number of thioether (sulfide) groups is 1. The summed E-state index contributed by atoms with van der Waals surface area (Å²) >= 11 is 5.32. The molecule has 0 aliphatic carbocycles. The number of unbranched alkanes of at least 4 members (excludes halogenated alkanes) is 2. The fraction of sp³-hybridized carbons (Fsp3) is 0.462. The van der Waals surface area contributed by atoms with Gasteiger partial charge in [-0.1, -0.05) is 41.8 Å². The van der Waals surface area contributed by atoms with Crippen LogP contribution in [-0.4, -0.2) is 16.8 Å². The van der Waals surface area contributed by atoms with E-state index < -0.39 is 5.97 Å². The largest absolute Gasteiger partial charge is 0.478 e. The maximum absolute atomic E-state index is 10.8. The minimum absolute atomic E-state index is 0.330. The predicted molar refractivity (Wildman–Crippen MR) is 76.8 cm³/mol. The number of aromatic carboxylic acids is 1. The highest BCUT2D eigenvalue weighted by Crippen LogP contribution is 2.23. The third-order valence-corrected chi connectivity index (χ3v) is 4.28. The zero-order valence-corrected chi connectivity index (χ0v) is 12.3. The van der Waals surface area contributed by atoms with Gasteiger partial charge < -0.3 is 5.11 Å². The summed E-state index contributed by atoms with van der Waals surface area (Å²) in [5, 5.41) is 8.85. The Hall–Kier alpha value is -0.480. The molecule has 1 aromatic rings.